The van der Waals surface area contributed by atoms with Crippen LogP contribution < -0.4 is 5.73 Å². The van der Waals surface area contributed by atoms with Crippen LogP contribution in [0.25, 0.3) is 11.4 Å². The molecule has 0 amide bonds. The number of pyridine rings is 1. The molecule has 0 fully saturated rings. The largest absolute Gasteiger partial charge is 0.383 e. The highest BCUT2D eigenvalue weighted by Gasteiger charge is 2.07. The predicted molar refractivity (Wildman–Crippen MR) is 66.8 cm³/mol. The van der Waals surface area contributed by atoms with E-state index < -0.39 is 0 Å². The molecule has 0 aliphatic rings. The molecule has 2 rings (SSSR count). The molecule has 0 saturated heterocycles. The average molecular weight is 279 g/mol. The Hall–Kier alpha value is -1.49. The molecule has 2 N–H and O–H groups in total. The molecule has 0 aliphatic heterocycles. The number of anilines is 1. The summed E-state index contributed by atoms with van der Waals surface area (Å²) in [7, 11) is 0. The van der Waals surface area contributed by atoms with Crippen molar-refractivity contribution in [1.82, 2.24) is 15.0 Å². The van der Waals surface area contributed by atoms with Gasteiger partial charge in [0.1, 0.15) is 5.82 Å². The highest BCUT2D eigenvalue weighted by atomic mass is 79.9. The Balaban J connectivity index is 2.57. The lowest BCUT2D eigenvalue weighted by atomic mass is 10.2. The summed E-state index contributed by atoms with van der Waals surface area (Å²) in [5.41, 5.74) is 8.48. The number of rotatable bonds is 1. The third kappa shape index (κ3) is 2.04. The van der Waals surface area contributed by atoms with Gasteiger partial charge in [0.2, 0.25) is 0 Å². The van der Waals surface area contributed by atoms with E-state index in [1.807, 2.05) is 19.9 Å². The first kappa shape index (κ1) is 11.0. The van der Waals surface area contributed by atoms with Crippen LogP contribution in [0.1, 0.15) is 11.3 Å². The van der Waals surface area contributed by atoms with E-state index in [2.05, 4.69) is 30.9 Å². The van der Waals surface area contributed by atoms with Crippen LogP contribution in [0.2, 0.25) is 0 Å². The summed E-state index contributed by atoms with van der Waals surface area (Å²) in [5.74, 6) is 1.12. The van der Waals surface area contributed by atoms with Gasteiger partial charge in [0.15, 0.2) is 5.82 Å². The van der Waals surface area contributed by atoms with Gasteiger partial charge in [-0.25, -0.2) is 9.97 Å². The van der Waals surface area contributed by atoms with Crippen molar-refractivity contribution in [3.05, 3.63) is 34.2 Å². The van der Waals surface area contributed by atoms with Gasteiger partial charge in [0.25, 0.3) is 0 Å². The lowest BCUT2D eigenvalue weighted by Crippen LogP contribution is -2.02. The van der Waals surface area contributed by atoms with Crippen LogP contribution in [0, 0.1) is 13.8 Å². The van der Waals surface area contributed by atoms with Crippen molar-refractivity contribution in [2.24, 2.45) is 0 Å². The van der Waals surface area contributed by atoms with Crippen LogP contribution in [0.5, 0.6) is 0 Å². The van der Waals surface area contributed by atoms with Crippen molar-refractivity contribution < 1.29 is 0 Å². The first-order chi connectivity index (χ1) is 7.58. The number of hydrogen-bond donors (Lipinski definition) is 1. The quantitative estimate of drug-likeness (QED) is 0.871. The van der Waals surface area contributed by atoms with Gasteiger partial charge in [-0.15, -0.1) is 0 Å². The zero-order valence-electron chi connectivity index (χ0n) is 9.03. The highest BCUT2D eigenvalue weighted by molar-refractivity contribution is 9.10. The van der Waals surface area contributed by atoms with E-state index in [4.69, 9.17) is 5.73 Å². The number of nitrogen functional groups attached to an aromatic ring is 1. The Morgan fingerprint density at radius 3 is 2.56 bits per heavy atom. The molecule has 2 heterocycles. The molecule has 0 aliphatic carbocycles. The van der Waals surface area contributed by atoms with Crippen molar-refractivity contribution in [3.8, 4) is 11.4 Å². The second-order valence-electron chi connectivity index (χ2n) is 3.53. The first-order valence-electron chi connectivity index (χ1n) is 4.79. The standard InChI is InChI=1S/C11H11BrN4/c1-6-7(2)15-11(16-10(6)13)8-3-9(12)5-14-4-8/h3-5H,1-2H3,(H2,13,15,16). The summed E-state index contributed by atoms with van der Waals surface area (Å²) in [6, 6.07) is 1.91. The fourth-order valence-corrected chi connectivity index (χ4v) is 1.68. The van der Waals surface area contributed by atoms with Gasteiger partial charge < -0.3 is 5.73 Å². The van der Waals surface area contributed by atoms with Gasteiger partial charge in [-0.05, 0) is 35.8 Å². The molecule has 0 unspecified atom stereocenters. The third-order valence-electron chi connectivity index (χ3n) is 2.39. The number of halogens is 1. The Labute approximate surface area is 102 Å². The molecule has 0 saturated carbocycles. The Morgan fingerprint density at radius 2 is 1.94 bits per heavy atom. The Bertz CT molecular complexity index is 516. The number of aryl methyl sites for hydroxylation is 1. The minimum atomic E-state index is 0.516. The van der Waals surface area contributed by atoms with Crippen LogP contribution >= 0.6 is 15.9 Å². The normalized spacial score (nSPS) is 10.4. The van der Waals surface area contributed by atoms with E-state index in [1.54, 1.807) is 12.4 Å². The fourth-order valence-electron chi connectivity index (χ4n) is 1.31. The van der Waals surface area contributed by atoms with E-state index >= 15 is 0 Å². The maximum atomic E-state index is 5.81. The topological polar surface area (TPSA) is 64.7 Å². The molecule has 5 heteroatoms. The molecule has 0 atom stereocenters. The van der Waals surface area contributed by atoms with Crippen LogP contribution in [0.4, 0.5) is 5.82 Å². The molecular formula is C11H11BrN4. The fraction of sp³-hybridized carbons (Fsp3) is 0.182. The van der Waals surface area contributed by atoms with Crippen molar-refractivity contribution in [2.45, 2.75) is 13.8 Å². The van der Waals surface area contributed by atoms with Gasteiger partial charge in [-0.1, -0.05) is 0 Å². The van der Waals surface area contributed by atoms with Gasteiger partial charge in [-0.3, -0.25) is 4.98 Å². The minimum absolute atomic E-state index is 0.516. The van der Waals surface area contributed by atoms with E-state index in [-0.39, 0.29) is 0 Å². The minimum Gasteiger partial charge on any atom is -0.383 e. The number of nitrogens with zero attached hydrogens (tertiary/aromatic N) is 3. The first-order valence-corrected chi connectivity index (χ1v) is 5.59. The van der Waals surface area contributed by atoms with Gasteiger partial charge in [0, 0.05) is 33.7 Å². The van der Waals surface area contributed by atoms with Crippen molar-refractivity contribution in [2.75, 3.05) is 5.73 Å². The van der Waals surface area contributed by atoms with Gasteiger partial charge in [0.05, 0.1) is 0 Å². The molecule has 2 aromatic rings. The Kier molecular flexibility index (Phi) is 2.87. The zero-order chi connectivity index (χ0) is 11.7. The van der Waals surface area contributed by atoms with Crippen molar-refractivity contribution in [3.63, 3.8) is 0 Å². The smallest absolute Gasteiger partial charge is 0.163 e. The number of nitrogens with two attached hydrogens (primary N) is 1. The van der Waals surface area contributed by atoms with Crippen molar-refractivity contribution in [1.29, 1.82) is 0 Å². The summed E-state index contributed by atoms with van der Waals surface area (Å²) in [4.78, 5) is 12.7. The number of hydrogen-bond acceptors (Lipinski definition) is 4. The van der Waals surface area contributed by atoms with Gasteiger partial charge in [-0.2, -0.15) is 0 Å². The average Bonchev–Trinajstić information content (AvgIpc) is 2.25. The van der Waals surface area contributed by atoms with Crippen LogP contribution in [-0.4, -0.2) is 15.0 Å². The Morgan fingerprint density at radius 1 is 1.19 bits per heavy atom. The number of aromatic nitrogens is 3. The molecule has 4 nitrogen and oxygen atoms in total. The molecule has 0 bridgehead atoms. The summed E-state index contributed by atoms with van der Waals surface area (Å²) >= 11 is 3.36. The van der Waals surface area contributed by atoms with Crippen LogP contribution in [0.3, 0.4) is 0 Å². The molecule has 0 radical (unpaired) electrons. The second-order valence-corrected chi connectivity index (χ2v) is 4.45. The summed E-state index contributed by atoms with van der Waals surface area (Å²) in [5, 5.41) is 0. The molecular weight excluding hydrogens is 268 g/mol. The molecule has 0 spiro atoms. The van der Waals surface area contributed by atoms with Crippen molar-refractivity contribution >= 4 is 21.7 Å². The monoisotopic (exact) mass is 278 g/mol. The lowest BCUT2D eigenvalue weighted by Gasteiger charge is -2.06. The third-order valence-corrected chi connectivity index (χ3v) is 2.82. The predicted octanol–water partition coefficient (Wildman–Crippen LogP) is 2.50. The second kappa shape index (κ2) is 4.17. The lowest BCUT2D eigenvalue weighted by molar-refractivity contribution is 1.07. The maximum absolute atomic E-state index is 5.81. The highest BCUT2D eigenvalue weighted by Crippen LogP contribution is 2.21. The maximum Gasteiger partial charge on any atom is 0.163 e. The summed E-state index contributed by atoms with van der Waals surface area (Å²) in [6.45, 7) is 3.83. The van der Waals surface area contributed by atoms with E-state index in [0.29, 0.717) is 11.6 Å². The zero-order valence-corrected chi connectivity index (χ0v) is 10.6. The summed E-state index contributed by atoms with van der Waals surface area (Å²) in [6.07, 6.45) is 3.43. The van der Waals surface area contributed by atoms with E-state index in [9.17, 15) is 0 Å². The van der Waals surface area contributed by atoms with Crippen LogP contribution in [-0.2, 0) is 0 Å². The van der Waals surface area contributed by atoms with Gasteiger partial charge >= 0.3 is 0 Å². The summed E-state index contributed by atoms with van der Waals surface area (Å²) < 4.78 is 0.894. The SMILES string of the molecule is Cc1nc(-c2cncc(Br)c2)nc(N)c1C. The van der Waals surface area contributed by atoms with E-state index in [1.165, 1.54) is 0 Å². The molecule has 82 valence electrons. The molecule has 2 aromatic heterocycles. The van der Waals surface area contributed by atoms with Crippen LogP contribution in [0.15, 0.2) is 22.9 Å². The molecule has 16 heavy (non-hydrogen) atoms. The van der Waals surface area contributed by atoms with E-state index in [0.717, 1.165) is 21.3 Å². The molecule has 0 aromatic carbocycles.